The fraction of sp³-hybridized carbons (Fsp3) is 0.640. The van der Waals surface area contributed by atoms with Crippen LogP contribution in [-0.4, -0.2) is 61.3 Å². The Kier molecular flexibility index (Phi) is 5.07. The highest BCUT2D eigenvalue weighted by Gasteiger charge is 2.76. The number of aromatic nitrogens is 2. The minimum Gasteiger partial charge on any atom is -0.450 e. The summed E-state index contributed by atoms with van der Waals surface area (Å²) in [6.45, 7) is 7.35. The molecule has 0 aromatic carbocycles. The lowest BCUT2D eigenvalue weighted by Crippen LogP contribution is -2.65. The van der Waals surface area contributed by atoms with Gasteiger partial charge in [-0.3, -0.25) is 9.48 Å². The van der Waals surface area contributed by atoms with Crippen LogP contribution in [0.5, 0.6) is 0 Å². The monoisotopic (exact) mass is 490 g/mol. The van der Waals surface area contributed by atoms with E-state index >= 15 is 0 Å². The van der Waals surface area contributed by atoms with Gasteiger partial charge in [-0.1, -0.05) is 44.5 Å². The van der Waals surface area contributed by atoms with Gasteiger partial charge >= 0.3 is 5.97 Å². The lowest BCUT2D eigenvalue weighted by molar-refractivity contribution is -0.190. The van der Waals surface area contributed by atoms with Crippen molar-refractivity contribution >= 4 is 23.4 Å². The molecule has 4 aliphatic rings. The molecule has 184 valence electrons. The fourth-order valence-corrected chi connectivity index (χ4v) is 7.64. The maximum atomic E-state index is 14.3. The van der Waals surface area contributed by atoms with Gasteiger partial charge in [-0.25, -0.2) is 4.79 Å². The first-order valence-corrected chi connectivity index (χ1v) is 12.1. The third-order valence-corrected chi connectivity index (χ3v) is 9.49. The first kappa shape index (κ1) is 23.7. The Hall–Kier alpha value is -2.00. The second-order valence-corrected chi connectivity index (χ2v) is 11.5. The smallest absolute Gasteiger partial charge is 0.358 e. The Morgan fingerprint density at radius 2 is 2.06 bits per heavy atom. The van der Waals surface area contributed by atoms with E-state index in [0.29, 0.717) is 12.0 Å². The van der Waals surface area contributed by atoms with Crippen LogP contribution < -0.4 is 0 Å². The van der Waals surface area contributed by atoms with Crippen molar-refractivity contribution in [3.05, 3.63) is 40.2 Å². The molecular weight excluding hydrogens is 460 g/mol. The van der Waals surface area contributed by atoms with Gasteiger partial charge in [0.1, 0.15) is 6.10 Å². The SMILES string of the molecule is CC1=C[C@]23C(=O)[C@@H](C=C(CO)[C@@H](O)[C@]2(O)[C@H]1OC(=O)c1c(Cl)cnn1C)[C@H]1[C@@H](C[C@H]3C)C1(C)C. The third kappa shape index (κ3) is 2.68. The topological polar surface area (TPSA) is 122 Å². The molecule has 9 heteroatoms. The Labute approximate surface area is 203 Å². The Balaban J connectivity index is 1.65. The van der Waals surface area contributed by atoms with E-state index in [1.807, 2.05) is 6.92 Å². The first-order valence-electron chi connectivity index (χ1n) is 11.7. The van der Waals surface area contributed by atoms with Crippen LogP contribution in [0.4, 0.5) is 0 Å². The molecule has 0 unspecified atom stereocenters. The Morgan fingerprint density at radius 1 is 1.38 bits per heavy atom. The first-order chi connectivity index (χ1) is 15.8. The number of ketones is 1. The van der Waals surface area contributed by atoms with Crippen LogP contribution in [0.15, 0.2) is 29.5 Å². The number of hydrogen-bond acceptors (Lipinski definition) is 7. The molecular formula is C25H31ClN2O6. The van der Waals surface area contributed by atoms with Crippen LogP contribution in [0.1, 0.15) is 44.6 Å². The molecule has 5 rings (SSSR count). The predicted octanol–water partition coefficient (Wildman–Crippen LogP) is 2.07. The highest BCUT2D eigenvalue weighted by atomic mass is 35.5. The van der Waals surface area contributed by atoms with Crippen LogP contribution in [-0.2, 0) is 16.6 Å². The van der Waals surface area contributed by atoms with Crippen molar-refractivity contribution in [2.75, 3.05) is 6.61 Å². The number of nitrogens with zero attached hydrogens (tertiary/aromatic N) is 2. The molecule has 1 aromatic heterocycles. The summed E-state index contributed by atoms with van der Waals surface area (Å²) in [6.07, 6.45) is 2.42. The van der Waals surface area contributed by atoms with Crippen LogP contribution in [0.2, 0.25) is 5.02 Å². The number of Topliss-reactive ketones (excluding diaryl/α,β-unsaturated/α-hetero) is 1. The summed E-state index contributed by atoms with van der Waals surface area (Å²) in [5.74, 6) is -1.57. The summed E-state index contributed by atoms with van der Waals surface area (Å²) in [5, 5.41) is 38.1. The second kappa shape index (κ2) is 7.26. The average molecular weight is 491 g/mol. The molecule has 0 aliphatic heterocycles. The number of aryl methyl sites for hydroxylation is 1. The zero-order chi connectivity index (χ0) is 25.0. The minimum atomic E-state index is -2.18. The number of carbonyl (C=O) groups is 2. The van der Waals surface area contributed by atoms with Crippen LogP contribution >= 0.6 is 11.6 Å². The zero-order valence-electron chi connectivity index (χ0n) is 19.9. The second-order valence-electron chi connectivity index (χ2n) is 11.1. The maximum Gasteiger partial charge on any atom is 0.358 e. The lowest BCUT2D eigenvalue weighted by Gasteiger charge is -2.48. The van der Waals surface area contributed by atoms with Crippen molar-refractivity contribution < 1.29 is 29.6 Å². The van der Waals surface area contributed by atoms with Crippen molar-refractivity contribution in [2.24, 2.45) is 41.5 Å². The van der Waals surface area contributed by atoms with Crippen molar-refractivity contribution in [3.63, 3.8) is 0 Å². The Bertz CT molecular complexity index is 1130. The van der Waals surface area contributed by atoms with E-state index in [2.05, 4.69) is 18.9 Å². The standard InChI is InChI=1S/C25H31ClN2O6/c1-11-8-24-12(2)6-15-17(23(15,3)4)14(20(24)31)7-13(10-29)19(30)25(24,33)21(11)34-22(32)18-16(26)9-27-28(18)5/h7-9,12,14-15,17,19,21,29-30,33H,6,10H2,1-5H3/t12-,14+,15-,17+,19-,21+,24+,25+/m1/s1. The summed E-state index contributed by atoms with van der Waals surface area (Å²) in [5.41, 5.74) is -3.07. The van der Waals surface area contributed by atoms with Crippen LogP contribution in [0, 0.1) is 34.5 Å². The number of fused-ring (bicyclic) bond motifs is 3. The molecule has 8 atom stereocenters. The van der Waals surface area contributed by atoms with Gasteiger partial charge in [-0.05, 0) is 47.7 Å². The molecule has 2 fully saturated rings. The van der Waals surface area contributed by atoms with E-state index in [0.717, 1.165) is 0 Å². The molecule has 1 heterocycles. The van der Waals surface area contributed by atoms with Crippen molar-refractivity contribution in [3.8, 4) is 0 Å². The molecule has 1 aromatic rings. The molecule has 34 heavy (non-hydrogen) atoms. The van der Waals surface area contributed by atoms with E-state index < -0.39 is 41.7 Å². The number of esters is 1. The Morgan fingerprint density at radius 3 is 2.65 bits per heavy atom. The van der Waals surface area contributed by atoms with Gasteiger partial charge in [0, 0.05) is 13.0 Å². The third-order valence-electron chi connectivity index (χ3n) is 9.21. The summed E-state index contributed by atoms with van der Waals surface area (Å²) in [7, 11) is 1.54. The molecule has 3 N–H and O–H groups in total. The van der Waals surface area contributed by atoms with Crippen molar-refractivity contribution in [2.45, 2.75) is 51.9 Å². The highest BCUT2D eigenvalue weighted by Crippen LogP contribution is 2.71. The van der Waals surface area contributed by atoms with E-state index in [9.17, 15) is 24.9 Å². The van der Waals surface area contributed by atoms with Gasteiger partial charge in [0.15, 0.2) is 23.2 Å². The molecule has 1 spiro atoms. The lowest BCUT2D eigenvalue weighted by atomic mass is 9.59. The number of allylic oxidation sites excluding steroid dienone is 1. The van der Waals surface area contributed by atoms with Gasteiger partial charge in [0.05, 0.1) is 23.2 Å². The van der Waals surface area contributed by atoms with Crippen LogP contribution in [0.3, 0.4) is 0 Å². The predicted molar refractivity (Wildman–Crippen MR) is 123 cm³/mol. The molecule has 0 saturated heterocycles. The van der Waals surface area contributed by atoms with Crippen molar-refractivity contribution in [1.29, 1.82) is 0 Å². The van der Waals surface area contributed by atoms with E-state index in [1.165, 1.54) is 10.9 Å². The average Bonchev–Trinajstić information content (AvgIpc) is 3.05. The molecule has 8 nitrogen and oxygen atoms in total. The number of hydrogen-bond donors (Lipinski definition) is 3. The molecule has 2 bridgehead atoms. The minimum absolute atomic E-state index is 0.00108. The fourth-order valence-electron chi connectivity index (χ4n) is 7.40. The quantitative estimate of drug-likeness (QED) is 0.438. The number of halogens is 1. The summed E-state index contributed by atoms with van der Waals surface area (Å²) >= 11 is 6.13. The molecule has 0 radical (unpaired) electrons. The van der Waals surface area contributed by atoms with Gasteiger partial charge in [-0.2, -0.15) is 5.10 Å². The number of rotatable bonds is 3. The van der Waals surface area contributed by atoms with Gasteiger partial charge < -0.3 is 20.1 Å². The van der Waals surface area contributed by atoms with Gasteiger partial charge in [0.2, 0.25) is 0 Å². The number of aliphatic hydroxyl groups is 3. The van der Waals surface area contributed by atoms with Crippen LogP contribution in [0.25, 0.3) is 0 Å². The number of carbonyl (C=O) groups excluding carboxylic acids is 2. The normalized spacial score (nSPS) is 42.1. The molecule has 2 saturated carbocycles. The van der Waals surface area contributed by atoms with Gasteiger partial charge in [-0.15, -0.1) is 0 Å². The van der Waals surface area contributed by atoms with E-state index in [1.54, 1.807) is 26.1 Å². The van der Waals surface area contributed by atoms with E-state index in [-0.39, 0.29) is 45.2 Å². The molecule has 0 amide bonds. The summed E-state index contributed by atoms with van der Waals surface area (Å²) in [4.78, 5) is 27.4. The number of ether oxygens (including phenoxy) is 1. The highest BCUT2D eigenvalue weighted by molar-refractivity contribution is 6.33. The summed E-state index contributed by atoms with van der Waals surface area (Å²) < 4.78 is 7.07. The largest absolute Gasteiger partial charge is 0.450 e. The summed E-state index contributed by atoms with van der Waals surface area (Å²) in [6, 6.07) is 0. The van der Waals surface area contributed by atoms with Crippen molar-refractivity contribution in [1.82, 2.24) is 9.78 Å². The van der Waals surface area contributed by atoms with Gasteiger partial charge in [0.25, 0.3) is 0 Å². The number of aliphatic hydroxyl groups excluding tert-OH is 2. The van der Waals surface area contributed by atoms with E-state index in [4.69, 9.17) is 16.3 Å². The molecule has 4 aliphatic carbocycles. The zero-order valence-corrected chi connectivity index (χ0v) is 20.7. The maximum absolute atomic E-state index is 14.3.